The second-order valence-electron chi connectivity index (χ2n) is 7.32. The Morgan fingerprint density at radius 2 is 2.17 bits per heavy atom. The third kappa shape index (κ3) is 5.35. The fourth-order valence-corrected chi connectivity index (χ4v) is 3.79. The Morgan fingerprint density at radius 1 is 1.33 bits per heavy atom. The van der Waals surface area contributed by atoms with Crippen molar-refractivity contribution in [1.82, 2.24) is 20.0 Å². The van der Waals surface area contributed by atoms with Crippen LogP contribution in [-0.4, -0.2) is 77.1 Å². The van der Waals surface area contributed by atoms with E-state index in [4.69, 9.17) is 9.47 Å². The van der Waals surface area contributed by atoms with Crippen molar-refractivity contribution < 1.29 is 23.8 Å². The summed E-state index contributed by atoms with van der Waals surface area (Å²) in [6.45, 7) is 5.32. The first kappa shape index (κ1) is 22.2. The lowest BCUT2D eigenvalue weighted by molar-refractivity contribution is 0.0470. The second kappa shape index (κ2) is 10.5. The van der Waals surface area contributed by atoms with Gasteiger partial charge in [-0.1, -0.05) is 6.07 Å². The highest BCUT2D eigenvalue weighted by Gasteiger charge is 2.28. The molecule has 3 rings (SSSR count). The van der Waals surface area contributed by atoms with Crippen LogP contribution >= 0.6 is 0 Å². The van der Waals surface area contributed by atoms with E-state index < -0.39 is 5.97 Å². The molecule has 2 N–H and O–H groups in total. The fraction of sp³-hybridized carbons (Fsp3) is 0.524. The van der Waals surface area contributed by atoms with E-state index in [1.807, 2.05) is 0 Å². The molecule has 1 atom stereocenters. The number of benzene rings is 1. The van der Waals surface area contributed by atoms with Crippen LogP contribution in [0.15, 0.2) is 24.4 Å². The molecule has 1 aromatic heterocycles. The van der Waals surface area contributed by atoms with Crippen LogP contribution in [0.3, 0.4) is 0 Å². The highest BCUT2D eigenvalue weighted by Crippen LogP contribution is 2.22. The maximum atomic E-state index is 14.4. The van der Waals surface area contributed by atoms with Crippen LogP contribution in [0, 0.1) is 5.82 Å². The van der Waals surface area contributed by atoms with Gasteiger partial charge in [-0.25, -0.2) is 9.18 Å². The minimum absolute atomic E-state index is 0.0554. The van der Waals surface area contributed by atoms with Gasteiger partial charge in [0.1, 0.15) is 17.3 Å². The SMILES string of the molecule is CCOC(=O)c1[nH]ncc1CN1CCN(Cc2ccc(OC)cc2F)[C@H](CCO)C1. The summed E-state index contributed by atoms with van der Waals surface area (Å²) < 4.78 is 24.5. The Morgan fingerprint density at radius 3 is 2.87 bits per heavy atom. The van der Waals surface area contributed by atoms with E-state index in [2.05, 4.69) is 20.0 Å². The molecule has 0 saturated carbocycles. The molecule has 0 amide bonds. The quantitative estimate of drug-likeness (QED) is 0.598. The predicted octanol–water partition coefficient (Wildman–Crippen LogP) is 1.80. The molecular formula is C21H29FN4O4. The third-order valence-electron chi connectivity index (χ3n) is 5.38. The van der Waals surface area contributed by atoms with Crippen molar-refractivity contribution in [1.29, 1.82) is 0 Å². The molecule has 0 radical (unpaired) electrons. The largest absolute Gasteiger partial charge is 0.497 e. The van der Waals surface area contributed by atoms with Crippen molar-refractivity contribution in [2.75, 3.05) is 40.0 Å². The summed E-state index contributed by atoms with van der Waals surface area (Å²) in [5.74, 6) is -0.215. The van der Waals surface area contributed by atoms with E-state index in [0.717, 1.165) is 18.7 Å². The first-order chi connectivity index (χ1) is 14.5. The monoisotopic (exact) mass is 420 g/mol. The summed E-state index contributed by atoms with van der Waals surface area (Å²) in [7, 11) is 1.51. The van der Waals surface area contributed by atoms with Crippen LogP contribution in [-0.2, 0) is 17.8 Å². The first-order valence-corrected chi connectivity index (χ1v) is 10.1. The summed E-state index contributed by atoms with van der Waals surface area (Å²) >= 11 is 0. The number of rotatable bonds is 9. The van der Waals surface area contributed by atoms with Crippen molar-refractivity contribution in [3.8, 4) is 5.75 Å². The van der Waals surface area contributed by atoms with Crippen LogP contribution in [0.2, 0.25) is 0 Å². The molecule has 2 heterocycles. The van der Waals surface area contributed by atoms with Gasteiger partial charge in [-0.2, -0.15) is 5.10 Å². The Hall–Kier alpha value is -2.49. The lowest BCUT2D eigenvalue weighted by Gasteiger charge is -2.41. The highest BCUT2D eigenvalue weighted by molar-refractivity contribution is 5.88. The number of carbonyl (C=O) groups excluding carboxylic acids is 1. The van der Waals surface area contributed by atoms with Crippen LogP contribution in [0.4, 0.5) is 4.39 Å². The average molecular weight is 420 g/mol. The molecule has 1 saturated heterocycles. The molecule has 9 heteroatoms. The Bertz CT molecular complexity index is 844. The topological polar surface area (TPSA) is 90.9 Å². The summed E-state index contributed by atoms with van der Waals surface area (Å²) in [5, 5.41) is 16.2. The molecule has 8 nitrogen and oxygen atoms in total. The summed E-state index contributed by atoms with van der Waals surface area (Å²) in [4.78, 5) is 16.5. The molecular weight excluding hydrogens is 391 g/mol. The molecule has 1 fully saturated rings. The number of aromatic amines is 1. The number of halogens is 1. The van der Waals surface area contributed by atoms with E-state index in [1.54, 1.807) is 25.3 Å². The highest BCUT2D eigenvalue weighted by atomic mass is 19.1. The number of hydrogen-bond acceptors (Lipinski definition) is 7. The van der Waals surface area contributed by atoms with Crippen LogP contribution in [0.1, 0.15) is 35.0 Å². The van der Waals surface area contributed by atoms with Gasteiger partial charge in [0.2, 0.25) is 0 Å². The van der Waals surface area contributed by atoms with Crippen molar-refractivity contribution in [3.05, 3.63) is 47.0 Å². The second-order valence-corrected chi connectivity index (χ2v) is 7.32. The summed E-state index contributed by atoms with van der Waals surface area (Å²) in [5.41, 5.74) is 1.76. The smallest absolute Gasteiger partial charge is 0.356 e. The molecule has 0 bridgehead atoms. The maximum absolute atomic E-state index is 14.4. The third-order valence-corrected chi connectivity index (χ3v) is 5.38. The van der Waals surface area contributed by atoms with Crippen molar-refractivity contribution in [3.63, 3.8) is 0 Å². The van der Waals surface area contributed by atoms with Gasteiger partial charge < -0.3 is 14.6 Å². The predicted molar refractivity (Wildman–Crippen MR) is 109 cm³/mol. The molecule has 1 aromatic carbocycles. The maximum Gasteiger partial charge on any atom is 0.356 e. The van der Waals surface area contributed by atoms with Gasteiger partial charge in [-0.15, -0.1) is 0 Å². The van der Waals surface area contributed by atoms with E-state index >= 15 is 0 Å². The number of hydrogen-bond donors (Lipinski definition) is 2. The summed E-state index contributed by atoms with van der Waals surface area (Å²) in [6, 6.07) is 4.96. The number of aromatic nitrogens is 2. The van der Waals surface area contributed by atoms with E-state index in [-0.39, 0.29) is 18.5 Å². The standard InChI is InChI=1S/C21H29FN4O4/c1-3-30-21(28)20-16(11-23-24-20)12-25-7-8-26(17(14-25)6-9-27)13-15-4-5-18(29-2)10-19(15)22/h4-5,10-11,17,27H,3,6-9,12-14H2,1-2H3,(H,23,24)/t17-/m1/s1. The zero-order valence-electron chi connectivity index (χ0n) is 17.4. The van der Waals surface area contributed by atoms with Crippen molar-refractivity contribution >= 4 is 5.97 Å². The minimum atomic E-state index is -0.412. The molecule has 30 heavy (non-hydrogen) atoms. The van der Waals surface area contributed by atoms with Gasteiger partial charge in [0.05, 0.1) is 19.9 Å². The molecule has 0 unspecified atom stereocenters. The van der Waals surface area contributed by atoms with Gasteiger partial charge in [-0.05, 0) is 19.4 Å². The van der Waals surface area contributed by atoms with Gasteiger partial charge >= 0.3 is 5.97 Å². The number of H-pyrrole nitrogens is 1. The summed E-state index contributed by atoms with van der Waals surface area (Å²) in [6.07, 6.45) is 2.23. The number of methoxy groups -OCH3 is 1. The van der Waals surface area contributed by atoms with Crippen molar-refractivity contribution in [2.45, 2.75) is 32.5 Å². The average Bonchev–Trinajstić information content (AvgIpc) is 3.19. The Labute approximate surface area is 175 Å². The van der Waals surface area contributed by atoms with Gasteiger partial charge in [-0.3, -0.25) is 14.9 Å². The van der Waals surface area contributed by atoms with Crippen LogP contribution in [0.25, 0.3) is 0 Å². The lowest BCUT2D eigenvalue weighted by Crippen LogP contribution is -2.52. The molecule has 1 aliphatic rings. The number of carbonyl (C=O) groups is 1. The zero-order chi connectivity index (χ0) is 21.5. The zero-order valence-corrected chi connectivity index (χ0v) is 17.4. The number of aliphatic hydroxyl groups excluding tert-OH is 1. The number of piperazine rings is 1. The number of aliphatic hydroxyl groups is 1. The van der Waals surface area contributed by atoms with Gasteiger partial charge in [0, 0.05) is 62.6 Å². The Kier molecular flexibility index (Phi) is 7.78. The van der Waals surface area contributed by atoms with Gasteiger partial charge in [0.15, 0.2) is 0 Å². The molecule has 1 aliphatic heterocycles. The fourth-order valence-electron chi connectivity index (χ4n) is 3.79. The number of ether oxygens (including phenoxy) is 2. The normalized spacial score (nSPS) is 17.8. The lowest BCUT2D eigenvalue weighted by atomic mass is 10.1. The van der Waals surface area contributed by atoms with Gasteiger partial charge in [0.25, 0.3) is 0 Å². The van der Waals surface area contributed by atoms with E-state index in [0.29, 0.717) is 49.7 Å². The van der Waals surface area contributed by atoms with Crippen molar-refractivity contribution in [2.24, 2.45) is 0 Å². The molecule has 0 aliphatic carbocycles. The number of esters is 1. The van der Waals surface area contributed by atoms with Crippen LogP contribution in [0.5, 0.6) is 5.75 Å². The van der Waals surface area contributed by atoms with E-state index in [9.17, 15) is 14.3 Å². The van der Waals surface area contributed by atoms with E-state index in [1.165, 1.54) is 13.2 Å². The minimum Gasteiger partial charge on any atom is -0.497 e. The first-order valence-electron chi connectivity index (χ1n) is 10.1. The molecule has 2 aromatic rings. The Balaban J connectivity index is 1.66. The molecule has 164 valence electrons. The number of nitrogens with one attached hydrogen (secondary N) is 1. The van der Waals surface area contributed by atoms with Crippen LogP contribution < -0.4 is 4.74 Å². The molecule has 0 spiro atoms. The number of nitrogens with zero attached hydrogens (tertiary/aromatic N) is 3.